The van der Waals surface area contributed by atoms with E-state index in [0.29, 0.717) is 17.3 Å². The van der Waals surface area contributed by atoms with Crippen LogP contribution in [0.3, 0.4) is 0 Å². The van der Waals surface area contributed by atoms with Gasteiger partial charge in [-0.2, -0.15) is 5.10 Å². The quantitative estimate of drug-likeness (QED) is 0.539. The van der Waals surface area contributed by atoms with Gasteiger partial charge in [-0.15, -0.1) is 0 Å². The Labute approximate surface area is 164 Å². The second-order valence-corrected chi connectivity index (χ2v) is 6.35. The molecule has 0 atom stereocenters. The summed E-state index contributed by atoms with van der Waals surface area (Å²) in [7, 11) is 0. The number of furan rings is 1. The highest BCUT2D eigenvalue weighted by Gasteiger charge is 2.18. The maximum absolute atomic E-state index is 12.8. The number of aromatic nitrogens is 4. The molecule has 0 bridgehead atoms. The standard InChI is InChI=1S/C20H17N5O4/c1-13-10-17(25(23-13)14-6-3-2-4-7-14)22-18(26)16-11-21-20(28)24(19(16)27)12-15-8-5-9-29-15/h2-11H,12H2,1H3,(H,21,28)(H,22,26). The van der Waals surface area contributed by atoms with E-state index in [4.69, 9.17) is 4.42 Å². The van der Waals surface area contributed by atoms with E-state index in [2.05, 4.69) is 15.4 Å². The number of hydrogen-bond acceptors (Lipinski definition) is 5. The predicted octanol–water partition coefficient (Wildman–Crippen LogP) is 1.92. The van der Waals surface area contributed by atoms with Crippen molar-refractivity contribution in [3.05, 3.63) is 98.8 Å². The van der Waals surface area contributed by atoms with Crippen molar-refractivity contribution in [3.63, 3.8) is 0 Å². The van der Waals surface area contributed by atoms with E-state index in [1.165, 1.54) is 6.26 Å². The molecule has 3 heterocycles. The molecular weight excluding hydrogens is 374 g/mol. The highest BCUT2D eigenvalue weighted by Crippen LogP contribution is 2.17. The molecule has 0 fully saturated rings. The van der Waals surface area contributed by atoms with Gasteiger partial charge in [0.25, 0.3) is 11.5 Å². The fraction of sp³-hybridized carbons (Fsp3) is 0.100. The summed E-state index contributed by atoms with van der Waals surface area (Å²) >= 11 is 0. The van der Waals surface area contributed by atoms with Crippen molar-refractivity contribution in [2.75, 3.05) is 5.32 Å². The Morgan fingerprint density at radius 1 is 1.17 bits per heavy atom. The summed E-state index contributed by atoms with van der Waals surface area (Å²) in [6.07, 6.45) is 2.55. The van der Waals surface area contributed by atoms with Gasteiger partial charge in [-0.1, -0.05) is 18.2 Å². The first kappa shape index (κ1) is 18.2. The van der Waals surface area contributed by atoms with Crippen LogP contribution in [0.4, 0.5) is 5.82 Å². The maximum Gasteiger partial charge on any atom is 0.328 e. The SMILES string of the molecule is Cc1cc(NC(=O)c2c[nH]c(=O)n(Cc3ccco3)c2=O)n(-c2ccccc2)n1. The molecule has 3 aromatic heterocycles. The van der Waals surface area contributed by atoms with Crippen LogP contribution in [0, 0.1) is 6.92 Å². The van der Waals surface area contributed by atoms with E-state index in [1.807, 2.05) is 30.3 Å². The number of benzene rings is 1. The van der Waals surface area contributed by atoms with Crippen molar-refractivity contribution < 1.29 is 9.21 Å². The van der Waals surface area contributed by atoms with Gasteiger partial charge in [-0.25, -0.2) is 9.48 Å². The maximum atomic E-state index is 12.8. The molecular formula is C20H17N5O4. The van der Waals surface area contributed by atoms with Gasteiger partial charge < -0.3 is 14.7 Å². The lowest BCUT2D eigenvalue weighted by molar-refractivity contribution is 0.102. The minimum Gasteiger partial charge on any atom is -0.467 e. The molecule has 0 saturated heterocycles. The Bertz CT molecular complexity index is 1270. The number of nitrogens with zero attached hydrogens (tertiary/aromatic N) is 3. The number of nitrogens with one attached hydrogen (secondary N) is 2. The number of hydrogen-bond donors (Lipinski definition) is 2. The molecule has 0 spiro atoms. The zero-order valence-electron chi connectivity index (χ0n) is 15.5. The molecule has 2 N–H and O–H groups in total. The van der Waals surface area contributed by atoms with Crippen LogP contribution < -0.4 is 16.6 Å². The number of para-hydroxylation sites is 1. The van der Waals surface area contributed by atoms with Gasteiger partial charge in [-0.05, 0) is 31.2 Å². The minimum absolute atomic E-state index is 0.0800. The van der Waals surface area contributed by atoms with Gasteiger partial charge in [0.15, 0.2) is 0 Å². The Morgan fingerprint density at radius 2 is 1.97 bits per heavy atom. The lowest BCUT2D eigenvalue weighted by atomic mass is 10.3. The zero-order valence-corrected chi connectivity index (χ0v) is 15.5. The average Bonchev–Trinajstić information content (AvgIpc) is 3.35. The highest BCUT2D eigenvalue weighted by atomic mass is 16.3. The Kier molecular flexibility index (Phi) is 4.70. The highest BCUT2D eigenvalue weighted by molar-refractivity contribution is 6.03. The normalized spacial score (nSPS) is 10.8. The van der Waals surface area contributed by atoms with Crippen molar-refractivity contribution in [1.29, 1.82) is 0 Å². The first-order valence-corrected chi connectivity index (χ1v) is 8.81. The van der Waals surface area contributed by atoms with E-state index in [1.54, 1.807) is 29.8 Å². The van der Waals surface area contributed by atoms with Crippen LogP contribution in [0.25, 0.3) is 5.69 Å². The summed E-state index contributed by atoms with van der Waals surface area (Å²) in [6.45, 7) is 1.72. The Morgan fingerprint density at radius 3 is 2.69 bits per heavy atom. The van der Waals surface area contributed by atoms with Gasteiger partial charge in [0, 0.05) is 12.3 Å². The third kappa shape index (κ3) is 3.65. The van der Waals surface area contributed by atoms with Crippen LogP contribution in [-0.4, -0.2) is 25.2 Å². The molecule has 9 heteroatoms. The molecule has 0 unspecified atom stereocenters. The molecule has 4 aromatic rings. The van der Waals surface area contributed by atoms with Gasteiger partial charge in [0.2, 0.25) is 0 Å². The second-order valence-electron chi connectivity index (χ2n) is 6.35. The Balaban J connectivity index is 1.67. The van der Waals surface area contributed by atoms with Crippen molar-refractivity contribution >= 4 is 11.7 Å². The summed E-state index contributed by atoms with van der Waals surface area (Å²) in [4.78, 5) is 40.0. The predicted molar refractivity (Wildman–Crippen MR) is 105 cm³/mol. The number of rotatable bonds is 5. The molecule has 0 aliphatic carbocycles. The van der Waals surface area contributed by atoms with E-state index in [-0.39, 0.29) is 12.1 Å². The van der Waals surface area contributed by atoms with E-state index >= 15 is 0 Å². The van der Waals surface area contributed by atoms with Crippen molar-refractivity contribution in [1.82, 2.24) is 19.3 Å². The third-order valence-corrected chi connectivity index (χ3v) is 4.27. The van der Waals surface area contributed by atoms with Crippen molar-refractivity contribution in [2.45, 2.75) is 13.5 Å². The molecule has 4 rings (SSSR count). The number of aromatic amines is 1. The molecule has 1 aromatic carbocycles. The number of carbonyl (C=O) groups excluding carboxylic acids is 1. The first-order chi connectivity index (χ1) is 14.0. The van der Waals surface area contributed by atoms with Crippen LogP contribution in [0.1, 0.15) is 21.8 Å². The van der Waals surface area contributed by atoms with Crippen LogP contribution >= 0.6 is 0 Å². The molecule has 9 nitrogen and oxygen atoms in total. The van der Waals surface area contributed by atoms with Gasteiger partial charge in [-0.3, -0.25) is 14.2 Å². The van der Waals surface area contributed by atoms with E-state index < -0.39 is 17.2 Å². The van der Waals surface area contributed by atoms with Crippen LogP contribution in [0.5, 0.6) is 0 Å². The topological polar surface area (TPSA) is 115 Å². The van der Waals surface area contributed by atoms with Gasteiger partial charge in [0.05, 0.1) is 24.2 Å². The zero-order chi connectivity index (χ0) is 20.4. The lowest BCUT2D eigenvalue weighted by Gasteiger charge is -2.09. The first-order valence-electron chi connectivity index (χ1n) is 8.81. The number of amides is 1. The average molecular weight is 391 g/mol. The van der Waals surface area contributed by atoms with Crippen LogP contribution in [0.15, 0.2) is 75.0 Å². The molecule has 0 aliphatic heterocycles. The number of aryl methyl sites for hydroxylation is 1. The lowest BCUT2D eigenvalue weighted by Crippen LogP contribution is -2.39. The molecule has 146 valence electrons. The molecule has 0 radical (unpaired) electrons. The minimum atomic E-state index is -0.717. The smallest absolute Gasteiger partial charge is 0.328 e. The van der Waals surface area contributed by atoms with Crippen molar-refractivity contribution in [2.24, 2.45) is 0 Å². The summed E-state index contributed by atoms with van der Waals surface area (Å²) in [5.41, 5.74) is -0.0960. The monoisotopic (exact) mass is 391 g/mol. The molecule has 1 amide bonds. The summed E-state index contributed by atoms with van der Waals surface area (Å²) < 4.78 is 7.67. The Hall–Kier alpha value is -4.14. The molecule has 0 saturated carbocycles. The summed E-state index contributed by atoms with van der Waals surface area (Å²) in [5, 5.41) is 7.08. The van der Waals surface area contributed by atoms with Crippen molar-refractivity contribution in [3.8, 4) is 5.69 Å². The summed E-state index contributed by atoms with van der Waals surface area (Å²) in [5.74, 6) is 0.173. The largest absolute Gasteiger partial charge is 0.467 e. The van der Waals surface area contributed by atoms with Gasteiger partial charge >= 0.3 is 5.69 Å². The van der Waals surface area contributed by atoms with E-state index in [9.17, 15) is 14.4 Å². The summed E-state index contributed by atoms with van der Waals surface area (Å²) in [6, 6.07) is 14.3. The molecule has 29 heavy (non-hydrogen) atoms. The number of H-pyrrole nitrogens is 1. The molecule has 0 aliphatic rings. The second kappa shape index (κ2) is 7.47. The number of anilines is 1. The van der Waals surface area contributed by atoms with Crippen LogP contribution in [-0.2, 0) is 6.54 Å². The fourth-order valence-electron chi connectivity index (χ4n) is 2.91. The third-order valence-electron chi connectivity index (χ3n) is 4.27. The van der Waals surface area contributed by atoms with E-state index in [0.717, 1.165) is 16.5 Å². The fourth-order valence-corrected chi connectivity index (χ4v) is 2.91. The van der Waals surface area contributed by atoms with Crippen LogP contribution in [0.2, 0.25) is 0 Å². The number of carbonyl (C=O) groups is 1. The van der Waals surface area contributed by atoms with Gasteiger partial charge in [0.1, 0.15) is 17.1 Å².